The summed E-state index contributed by atoms with van der Waals surface area (Å²) < 4.78 is 41.7. The normalized spacial score (nSPS) is 13.4. The third-order valence-corrected chi connectivity index (χ3v) is 4.37. The molecule has 0 spiro atoms. The van der Waals surface area contributed by atoms with E-state index in [1.807, 2.05) is 16.8 Å². The number of rotatable bonds is 3. The van der Waals surface area contributed by atoms with Crippen LogP contribution >= 0.6 is 0 Å². The van der Waals surface area contributed by atoms with Crippen molar-refractivity contribution in [3.05, 3.63) is 70.0 Å². The maximum absolute atomic E-state index is 12.8. The van der Waals surface area contributed by atoms with E-state index in [2.05, 4.69) is 0 Å². The Morgan fingerprint density at radius 2 is 1.67 bits per heavy atom. The molecule has 1 aromatic heterocycles. The minimum absolute atomic E-state index is 0.0899. The second-order valence-electron chi connectivity index (χ2n) is 5.91. The van der Waals surface area contributed by atoms with E-state index in [-0.39, 0.29) is 11.1 Å². The van der Waals surface area contributed by atoms with Gasteiger partial charge in [0.1, 0.15) is 0 Å². The zero-order valence-electron chi connectivity index (χ0n) is 13.3. The van der Waals surface area contributed by atoms with Crippen LogP contribution in [0.15, 0.2) is 53.3 Å². The van der Waals surface area contributed by atoms with Gasteiger partial charge in [-0.15, -0.1) is 0 Å². The lowest BCUT2D eigenvalue weighted by atomic mass is 9.99. The van der Waals surface area contributed by atoms with E-state index in [4.69, 9.17) is 0 Å². The molecule has 1 unspecified atom stereocenters. The number of hydrogen-bond donors (Lipinski definition) is 0. The zero-order valence-corrected chi connectivity index (χ0v) is 13.3. The minimum Gasteiger partial charge on any atom is -0.278 e. The maximum Gasteiger partial charge on any atom is 0.395 e. The van der Waals surface area contributed by atoms with Crippen molar-refractivity contribution in [2.24, 2.45) is 7.05 Å². The Bertz CT molecular complexity index is 920. The Morgan fingerprint density at radius 1 is 1.04 bits per heavy atom. The molecule has 0 amide bonds. The van der Waals surface area contributed by atoms with Crippen LogP contribution in [0.4, 0.5) is 13.2 Å². The molecule has 0 saturated carbocycles. The van der Waals surface area contributed by atoms with Crippen LogP contribution < -0.4 is 5.56 Å². The molecule has 1 heterocycles. The van der Waals surface area contributed by atoms with Crippen molar-refractivity contribution >= 4 is 10.9 Å². The monoisotopic (exact) mass is 334 g/mol. The smallest absolute Gasteiger partial charge is 0.278 e. The molecule has 3 rings (SSSR count). The highest BCUT2D eigenvalue weighted by molar-refractivity contribution is 5.78. The van der Waals surface area contributed by atoms with Crippen LogP contribution in [0, 0.1) is 0 Å². The van der Waals surface area contributed by atoms with Crippen LogP contribution in [-0.2, 0) is 13.6 Å². The molecule has 0 aliphatic heterocycles. The summed E-state index contributed by atoms with van der Waals surface area (Å²) in [4.78, 5) is 12.2. The van der Waals surface area contributed by atoms with Gasteiger partial charge in [0.25, 0.3) is 5.56 Å². The van der Waals surface area contributed by atoms with E-state index < -0.39 is 12.1 Å². The van der Waals surface area contributed by atoms with Gasteiger partial charge in [0.15, 0.2) is 0 Å². The summed E-state index contributed by atoms with van der Waals surface area (Å²) in [6, 6.07) is 13.6. The highest BCUT2D eigenvalue weighted by Gasteiger charge is 2.36. The summed E-state index contributed by atoms with van der Waals surface area (Å²) in [6.07, 6.45) is -4.25. The molecule has 0 fully saturated rings. The fraction of sp³-hybridized carbons (Fsp3) is 0.278. The summed E-state index contributed by atoms with van der Waals surface area (Å²) >= 11 is 0. The first-order valence-corrected chi connectivity index (χ1v) is 7.59. The molecule has 0 bridgehead atoms. The molecule has 24 heavy (non-hydrogen) atoms. The minimum atomic E-state index is -4.25. The summed E-state index contributed by atoms with van der Waals surface area (Å²) in [5.41, 5.74) is 1.78. The van der Waals surface area contributed by atoms with Crippen molar-refractivity contribution in [2.75, 3.05) is 0 Å². The van der Waals surface area contributed by atoms with Crippen LogP contribution in [0.3, 0.4) is 0 Å². The lowest BCUT2D eigenvalue weighted by Crippen LogP contribution is -2.20. The van der Waals surface area contributed by atoms with Crippen molar-refractivity contribution in [3.63, 3.8) is 0 Å². The second-order valence-corrected chi connectivity index (χ2v) is 5.91. The predicted molar refractivity (Wildman–Crippen MR) is 87.2 cm³/mol. The molecule has 0 N–H and O–H groups in total. The van der Waals surface area contributed by atoms with Crippen molar-refractivity contribution in [2.45, 2.75) is 25.6 Å². The van der Waals surface area contributed by atoms with Gasteiger partial charge in [-0.3, -0.25) is 14.2 Å². The Hall–Kier alpha value is -2.50. The van der Waals surface area contributed by atoms with Gasteiger partial charge in [-0.1, -0.05) is 36.4 Å². The molecule has 2 aromatic carbocycles. The van der Waals surface area contributed by atoms with Gasteiger partial charge < -0.3 is 0 Å². The molecule has 1 atom stereocenters. The Labute approximate surface area is 136 Å². The largest absolute Gasteiger partial charge is 0.395 e. The maximum atomic E-state index is 12.8. The highest BCUT2D eigenvalue weighted by atomic mass is 19.4. The second kappa shape index (κ2) is 5.85. The van der Waals surface area contributed by atoms with Gasteiger partial charge in [-0.25, -0.2) is 0 Å². The SMILES string of the molecule is CC(c1ccc(Cn2c3ccccc3c(=O)n2C)cc1)C(F)(F)F. The fourth-order valence-corrected chi connectivity index (χ4v) is 2.79. The van der Waals surface area contributed by atoms with E-state index in [9.17, 15) is 18.0 Å². The number of aromatic nitrogens is 2. The summed E-state index contributed by atoms with van der Waals surface area (Å²) in [7, 11) is 1.68. The first kappa shape index (κ1) is 16.4. The fourth-order valence-electron chi connectivity index (χ4n) is 2.79. The van der Waals surface area contributed by atoms with Crippen LogP contribution in [-0.4, -0.2) is 15.5 Å². The summed E-state index contributed by atoms with van der Waals surface area (Å²) in [5, 5.41) is 0.627. The van der Waals surface area contributed by atoms with Crippen molar-refractivity contribution in [1.29, 1.82) is 0 Å². The standard InChI is InChI=1S/C18H17F3N2O/c1-12(18(19,20)21)14-9-7-13(8-10-14)11-23-16-6-4-3-5-15(16)17(24)22(23)2/h3-10,12H,11H2,1-2H3. The molecular weight excluding hydrogens is 317 g/mol. The molecule has 0 aliphatic carbocycles. The van der Waals surface area contributed by atoms with E-state index in [1.54, 1.807) is 31.3 Å². The number of hydrogen-bond acceptors (Lipinski definition) is 1. The first-order chi connectivity index (χ1) is 11.3. The van der Waals surface area contributed by atoms with E-state index in [0.29, 0.717) is 11.9 Å². The van der Waals surface area contributed by atoms with Gasteiger partial charge in [0.05, 0.1) is 23.4 Å². The third kappa shape index (κ3) is 2.84. The molecule has 6 heteroatoms. The first-order valence-electron chi connectivity index (χ1n) is 7.59. The quantitative estimate of drug-likeness (QED) is 0.710. The number of fused-ring (bicyclic) bond motifs is 1. The lowest BCUT2D eigenvalue weighted by Gasteiger charge is -2.16. The van der Waals surface area contributed by atoms with Gasteiger partial charge in [0, 0.05) is 7.05 Å². The van der Waals surface area contributed by atoms with Gasteiger partial charge in [-0.2, -0.15) is 13.2 Å². The van der Waals surface area contributed by atoms with Gasteiger partial charge >= 0.3 is 6.18 Å². The van der Waals surface area contributed by atoms with Crippen molar-refractivity contribution in [3.8, 4) is 0 Å². The highest BCUT2D eigenvalue weighted by Crippen LogP contribution is 2.34. The lowest BCUT2D eigenvalue weighted by molar-refractivity contribution is -0.146. The number of halogens is 3. The average molecular weight is 334 g/mol. The molecule has 3 nitrogen and oxygen atoms in total. The zero-order chi connectivity index (χ0) is 17.5. The number of para-hydroxylation sites is 1. The number of benzene rings is 2. The Balaban J connectivity index is 1.93. The molecule has 0 saturated heterocycles. The van der Waals surface area contributed by atoms with Gasteiger partial charge in [0.2, 0.25) is 0 Å². The average Bonchev–Trinajstić information content (AvgIpc) is 2.79. The van der Waals surface area contributed by atoms with Crippen molar-refractivity contribution in [1.82, 2.24) is 9.36 Å². The number of alkyl halides is 3. The van der Waals surface area contributed by atoms with E-state index in [0.717, 1.165) is 18.0 Å². The van der Waals surface area contributed by atoms with Crippen LogP contribution in [0.25, 0.3) is 10.9 Å². The summed E-state index contributed by atoms with van der Waals surface area (Å²) in [5.74, 6) is -1.50. The van der Waals surface area contributed by atoms with Crippen LogP contribution in [0.2, 0.25) is 0 Å². The topological polar surface area (TPSA) is 26.9 Å². The summed E-state index contributed by atoms with van der Waals surface area (Å²) in [6.45, 7) is 1.57. The van der Waals surface area contributed by atoms with E-state index >= 15 is 0 Å². The van der Waals surface area contributed by atoms with Crippen LogP contribution in [0.1, 0.15) is 24.0 Å². The van der Waals surface area contributed by atoms with E-state index in [1.165, 1.54) is 16.8 Å². The Morgan fingerprint density at radius 3 is 2.29 bits per heavy atom. The molecule has 3 aromatic rings. The van der Waals surface area contributed by atoms with Crippen molar-refractivity contribution < 1.29 is 13.2 Å². The Kier molecular flexibility index (Phi) is 3.99. The molecule has 126 valence electrons. The number of nitrogens with zero attached hydrogens (tertiary/aromatic N) is 2. The molecule has 0 aliphatic rings. The molecular formula is C18H17F3N2O. The van der Waals surface area contributed by atoms with Crippen LogP contribution in [0.5, 0.6) is 0 Å². The molecule has 0 radical (unpaired) electrons. The predicted octanol–water partition coefficient (Wildman–Crippen LogP) is 4.05. The third-order valence-electron chi connectivity index (χ3n) is 4.37. The van der Waals surface area contributed by atoms with Gasteiger partial charge in [-0.05, 0) is 30.2 Å².